The zero-order valence-electron chi connectivity index (χ0n) is 17.8. The summed E-state index contributed by atoms with van der Waals surface area (Å²) in [5.41, 5.74) is 6.40. The molecule has 0 aliphatic carbocycles. The number of aromatic nitrogens is 6. The summed E-state index contributed by atoms with van der Waals surface area (Å²) in [6, 6.07) is 0.604. The molecule has 0 radical (unpaired) electrons. The van der Waals surface area contributed by atoms with Crippen molar-refractivity contribution in [2.24, 2.45) is 7.05 Å². The van der Waals surface area contributed by atoms with Gasteiger partial charge in [-0.3, -0.25) is 0 Å². The number of nitrogens with two attached hydrogens (primary N) is 1. The van der Waals surface area contributed by atoms with Crippen LogP contribution in [0.5, 0.6) is 0 Å². The van der Waals surface area contributed by atoms with Crippen LogP contribution in [0.4, 0.5) is 23.4 Å². The minimum Gasteiger partial charge on any atom is -0.383 e. The zero-order valence-corrected chi connectivity index (χ0v) is 17.8. The molecule has 0 saturated carbocycles. The Morgan fingerprint density at radius 2 is 2.09 bits per heavy atom. The highest BCUT2D eigenvalue weighted by atomic mass is 19.3. The summed E-state index contributed by atoms with van der Waals surface area (Å²) < 4.78 is 61.7. The number of aryl methyl sites for hydroxylation is 1. The van der Waals surface area contributed by atoms with Gasteiger partial charge in [0.05, 0.1) is 35.4 Å². The number of benzene rings is 1. The molecule has 1 fully saturated rings. The fourth-order valence-electron chi connectivity index (χ4n) is 4.07. The van der Waals surface area contributed by atoms with Gasteiger partial charge in [0, 0.05) is 25.7 Å². The maximum atomic E-state index is 14.9. The molecule has 176 valence electrons. The van der Waals surface area contributed by atoms with Crippen LogP contribution in [-0.4, -0.2) is 55.1 Å². The van der Waals surface area contributed by atoms with Crippen molar-refractivity contribution in [1.82, 2.24) is 34.6 Å². The van der Waals surface area contributed by atoms with E-state index in [1.54, 1.807) is 11.7 Å². The van der Waals surface area contributed by atoms with Gasteiger partial charge in [0.25, 0.3) is 0 Å². The SMILES string of the molecule is Cn1cnc2c(F)c(C#Cc3nn([C@@H]4CN[C@@H](COC(F)F)C4)c4ncnc(N)c34)c(F)cc21. The second-order valence-corrected chi connectivity index (χ2v) is 7.86. The monoisotopic (exact) mass is 474 g/mol. The zero-order chi connectivity index (χ0) is 24.0. The summed E-state index contributed by atoms with van der Waals surface area (Å²) >= 11 is 0. The first-order valence-corrected chi connectivity index (χ1v) is 10.3. The van der Waals surface area contributed by atoms with Crippen LogP contribution in [-0.2, 0) is 11.8 Å². The standard InChI is InChI=1S/C21H18F4N8O/c1-32-9-30-18-15(32)5-13(22)12(17(18)23)2-3-14-16-19(26)28-8-29-20(16)33(31-14)11-4-10(27-6-11)7-34-21(24)25/h5,8-11,21,27H,4,6-7H2,1H3,(H2,26,28,29)/t10-,11+/m1/s1. The minimum atomic E-state index is -2.85. The molecule has 2 atom stereocenters. The van der Waals surface area contributed by atoms with Gasteiger partial charge in [0.1, 0.15) is 29.2 Å². The van der Waals surface area contributed by atoms with E-state index in [0.29, 0.717) is 29.5 Å². The molecule has 5 rings (SSSR count). The molecule has 3 aromatic heterocycles. The van der Waals surface area contributed by atoms with E-state index >= 15 is 0 Å². The highest BCUT2D eigenvalue weighted by molar-refractivity contribution is 5.90. The lowest BCUT2D eigenvalue weighted by atomic mass is 10.1. The smallest absolute Gasteiger partial charge is 0.345 e. The van der Waals surface area contributed by atoms with Gasteiger partial charge in [-0.2, -0.15) is 13.9 Å². The molecular formula is C21H18F4N8O. The van der Waals surface area contributed by atoms with E-state index in [2.05, 4.69) is 41.9 Å². The van der Waals surface area contributed by atoms with Crippen LogP contribution in [0.1, 0.15) is 23.7 Å². The molecule has 34 heavy (non-hydrogen) atoms. The Labute approximate surface area is 189 Å². The first-order valence-electron chi connectivity index (χ1n) is 10.3. The van der Waals surface area contributed by atoms with E-state index in [9.17, 15) is 17.6 Å². The van der Waals surface area contributed by atoms with Gasteiger partial charge in [-0.25, -0.2) is 28.4 Å². The van der Waals surface area contributed by atoms with Gasteiger partial charge in [0.2, 0.25) is 0 Å². The molecule has 1 aliphatic heterocycles. The predicted octanol–water partition coefficient (Wildman–Crippen LogP) is 2.12. The van der Waals surface area contributed by atoms with E-state index in [0.717, 1.165) is 6.07 Å². The van der Waals surface area contributed by atoms with Gasteiger partial charge in [-0.05, 0) is 12.3 Å². The molecular weight excluding hydrogens is 456 g/mol. The Morgan fingerprint density at radius 1 is 1.26 bits per heavy atom. The fraction of sp³-hybridized carbons (Fsp3) is 0.333. The van der Waals surface area contributed by atoms with Crippen molar-refractivity contribution in [3.8, 4) is 11.8 Å². The van der Waals surface area contributed by atoms with Crippen LogP contribution in [0.15, 0.2) is 18.7 Å². The summed E-state index contributed by atoms with van der Waals surface area (Å²) in [6.45, 7) is -2.59. The van der Waals surface area contributed by atoms with Crippen LogP contribution in [0, 0.1) is 23.5 Å². The van der Waals surface area contributed by atoms with Gasteiger partial charge in [0.15, 0.2) is 11.5 Å². The molecule has 1 saturated heterocycles. The first-order chi connectivity index (χ1) is 16.3. The summed E-state index contributed by atoms with van der Waals surface area (Å²) in [5, 5.41) is 7.91. The lowest BCUT2D eigenvalue weighted by molar-refractivity contribution is -0.133. The van der Waals surface area contributed by atoms with Crippen molar-refractivity contribution in [2.45, 2.75) is 25.1 Å². The first kappa shape index (κ1) is 22.1. The fourth-order valence-corrected chi connectivity index (χ4v) is 4.07. The number of fused-ring (bicyclic) bond motifs is 2. The summed E-state index contributed by atoms with van der Waals surface area (Å²) in [4.78, 5) is 12.2. The average Bonchev–Trinajstić information content (AvgIpc) is 3.50. The number of nitrogen functional groups attached to an aromatic ring is 1. The summed E-state index contributed by atoms with van der Waals surface area (Å²) in [7, 11) is 1.63. The molecule has 0 spiro atoms. The predicted molar refractivity (Wildman–Crippen MR) is 114 cm³/mol. The van der Waals surface area contributed by atoms with Crippen LogP contribution in [0.25, 0.3) is 22.1 Å². The highest BCUT2D eigenvalue weighted by Gasteiger charge is 2.29. The van der Waals surface area contributed by atoms with E-state index in [4.69, 9.17) is 5.73 Å². The van der Waals surface area contributed by atoms with Gasteiger partial charge < -0.3 is 20.4 Å². The molecule has 0 amide bonds. The number of anilines is 1. The number of rotatable bonds is 4. The molecule has 13 heteroatoms. The Bertz CT molecular complexity index is 1450. The number of nitrogens with zero attached hydrogens (tertiary/aromatic N) is 6. The lowest BCUT2D eigenvalue weighted by Gasteiger charge is -2.11. The molecule has 0 unspecified atom stereocenters. The molecule has 4 heterocycles. The van der Waals surface area contributed by atoms with E-state index in [-0.39, 0.29) is 35.7 Å². The average molecular weight is 474 g/mol. The molecule has 3 N–H and O–H groups in total. The largest absolute Gasteiger partial charge is 0.383 e. The van der Waals surface area contributed by atoms with Crippen molar-refractivity contribution in [3.05, 3.63) is 41.6 Å². The molecule has 1 aromatic carbocycles. The Kier molecular flexibility index (Phi) is 5.54. The minimum absolute atomic E-state index is 0.000484. The van der Waals surface area contributed by atoms with E-state index < -0.39 is 23.8 Å². The van der Waals surface area contributed by atoms with Crippen molar-refractivity contribution >= 4 is 27.9 Å². The third-order valence-electron chi connectivity index (χ3n) is 5.70. The molecule has 4 aromatic rings. The van der Waals surface area contributed by atoms with E-state index in [1.165, 1.54) is 17.2 Å². The van der Waals surface area contributed by atoms with Crippen LogP contribution >= 0.6 is 0 Å². The Balaban J connectivity index is 1.53. The molecule has 1 aliphatic rings. The third-order valence-corrected chi connectivity index (χ3v) is 5.70. The Morgan fingerprint density at radius 3 is 2.88 bits per heavy atom. The quantitative estimate of drug-likeness (QED) is 0.345. The van der Waals surface area contributed by atoms with Gasteiger partial charge in [-0.1, -0.05) is 5.92 Å². The molecule has 9 nitrogen and oxygen atoms in total. The number of halogens is 4. The number of hydrogen-bond acceptors (Lipinski definition) is 7. The van der Waals surface area contributed by atoms with Crippen molar-refractivity contribution < 1.29 is 22.3 Å². The number of hydrogen-bond donors (Lipinski definition) is 2. The number of nitrogens with one attached hydrogen (secondary N) is 1. The Hall–Kier alpha value is -3.76. The van der Waals surface area contributed by atoms with Crippen molar-refractivity contribution in [2.75, 3.05) is 18.9 Å². The topological polar surface area (TPSA) is 109 Å². The second-order valence-electron chi connectivity index (χ2n) is 7.86. The van der Waals surface area contributed by atoms with Gasteiger partial charge >= 0.3 is 6.61 Å². The normalized spacial score (nSPS) is 18.2. The maximum Gasteiger partial charge on any atom is 0.345 e. The van der Waals surface area contributed by atoms with Gasteiger partial charge in [-0.15, -0.1) is 0 Å². The summed E-state index contributed by atoms with van der Waals surface area (Å²) in [6.07, 6.45) is 3.09. The second kappa shape index (κ2) is 8.54. The number of ether oxygens (including phenoxy) is 1. The van der Waals surface area contributed by atoms with Crippen LogP contribution < -0.4 is 11.1 Å². The van der Waals surface area contributed by atoms with E-state index in [1.807, 2.05) is 0 Å². The van der Waals surface area contributed by atoms with Crippen molar-refractivity contribution in [3.63, 3.8) is 0 Å². The lowest BCUT2D eigenvalue weighted by Crippen LogP contribution is -2.27. The number of alkyl halides is 2. The van der Waals surface area contributed by atoms with Crippen LogP contribution in [0.3, 0.4) is 0 Å². The van der Waals surface area contributed by atoms with Crippen LogP contribution in [0.2, 0.25) is 0 Å². The summed E-state index contributed by atoms with van der Waals surface area (Å²) in [5.74, 6) is 3.59. The number of imidazole rings is 1. The molecule has 0 bridgehead atoms. The van der Waals surface area contributed by atoms with Crippen molar-refractivity contribution in [1.29, 1.82) is 0 Å². The maximum absolute atomic E-state index is 14.9. The highest BCUT2D eigenvalue weighted by Crippen LogP contribution is 2.28. The third kappa shape index (κ3) is 3.80.